The molecule has 0 fully saturated rings. The first-order valence-electron chi connectivity index (χ1n) is 7.17. The summed E-state index contributed by atoms with van der Waals surface area (Å²) in [4.78, 5) is 15.3. The standard InChI is InChI=1S/C16H27N3O/c1-6-9-17-11-14-7-8-15(10-13(14)2)19(5)12-16(20)18(3)4/h7-8,10,17H,6,9,11-12H2,1-5H3. The van der Waals surface area contributed by atoms with E-state index in [2.05, 4.69) is 37.4 Å². The second-order valence-electron chi connectivity index (χ2n) is 5.43. The zero-order valence-electron chi connectivity index (χ0n) is 13.4. The van der Waals surface area contributed by atoms with Crippen molar-refractivity contribution in [2.45, 2.75) is 26.8 Å². The molecule has 0 aliphatic heterocycles. The summed E-state index contributed by atoms with van der Waals surface area (Å²) >= 11 is 0. The number of carbonyl (C=O) groups excluding carboxylic acids is 1. The molecule has 1 aromatic rings. The highest BCUT2D eigenvalue weighted by Crippen LogP contribution is 2.18. The van der Waals surface area contributed by atoms with Crippen molar-refractivity contribution >= 4 is 11.6 Å². The summed E-state index contributed by atoms with van der Waals surface area (Å²) in [6.45, 7) is 6.63. The number of hydrogen-bond donors (Lipinski definition) is 1. The van der Waals surface area contributed by atoms with Crippen LogP contribution in [0.1, 0.15) is 24.5 Å². The summed E-state index contributed by atoms with van der Waals surface area (Å²) in [7, 11) is 5.51. The minimum atomic E-state index is 0.110. The van der Waals surface area contributed by atoms with Crippen molar-refractivity contribution in [2.75, 3.05) is 39.1 Å². The molecule has 0 heterocycles. The maximum Gasteiger partial charge on any atom is 0.241 e. The third kappa shape index (κ3) is 4.85. The summed E-state index contributed by atoms with van der Waals surface area (Å²) in [6.07, 6.45) is 1.15. The maximum atomic E-state index is 11.7. The van der Waals surface area contributed by atoms with E-state index in [-0.39, 0.29) is 5.91 Å². The van der Waals surface area contributed by atoms with Crippen LogP contribution in [0.5, 0.6) is 0 Å². The van der Waals surface area contributed by atoms with Gasteiger partial charge in [0, 0.05) is 33.4 Å². The highest BCUT2D eigenvalue weighted by molar-refractivity contribution is 5.80. The van der Waals surface area contributed by atoms with Gasteiger partial charge in [0.1, 0.15) is 0 Å². The van der Waals surface area contributed by atoms with E-state index in [4.69, 9.17) is 0 Å². The van der Waals surface area contributed by atoms with Gasteiger partial charge in [0.25, 0.3) is 0 Å². The predicted molar refractivity (Wildman–Crippen MR) is 85.1 cm³/mol. The Balaban J connectivity index is 2.68. The van der Waals surface area contributed by atoms with Crippen molar-refractivity contribution in [1.82, 2.24) is 10.2 Å². The maximum absolute atomic E-state index is 11.7. The lowest BCUT2D eigenvalue weighted by Crippen LogP contribution is -2.34. The molecule has 0 bridgehead atoms. The summed E-state index contributed by atoms with van der Waals surface area (Å²) < 4.78 is 0. The molecule has 20 heavy (non-hydrogen) atoms. The lowest BCUT2D eigenvalue weighted by atomic mass is 10.1. The minimum absolute atomic E-state index is 0.110. The quantitative estimate of drug-likeness (QED) is 0.775. The molecule has 1 aromatic carbocycles. The molecule has 4 heteroatoms. The van der Waals surface area contributed by atoms with Gasteiger partial charge >= 0.3 is 0 Å². The lowest BCUT2D eigenvalue weighted by Gasteiger charge is -2.22. The van der Waals surface area contributed by atoms with Crippen LogP contribution < -0.4 is 10.2 Å². The Labute approximate surface area is 122 Å². The van der Waals surface area contributed by atoms with E-state index in [1.165, 1.54) is 11.1 Å². The fourth-order valence-corrected chi connectivity index (χ4v) is 1.95. The van der Waals surface area contributed by atoms with Crippen LogP contribution in [0, 0.1) is 6.92 Å². The van der Waals surface area contributed by atoms with Gasteiger partial charge in [-0.15, -0.1) is 0 Å². The largest absolute Gasteiger partial charge is 0.365 e. The molecule has 0 spiro atoms. The second-order valence-corrected chi connectivity index (χ2v) is 5.43. The summed E-state index contributed by atoms with van der Waals surface area (Å²) in [6, 6.07) is 6.37. The average molecular weight is 277 g/mol. The number of nitrogens with zero attached hydrogens (tertiary/aromatic N) is 2. The van der Waals surface area contributed by atoms with Crippen LogP contribution in [0.15, 0.2) is 18.2 Å². The average Bonchev–Trinajstić information content (AvgIpc) is 2.40. The Hall–Kier alpha value is -1.55. The molecule has 0 saturated carbocycles. The number of benzene rings is 1. The van der Waals surface area contributed by atoms with Crippen LogP contribution in [0.2, 0.25) is 0 Å². The number of anilines is 1. The molecule has 0 radical (unpaired) electrons. The molecule has 1 N–H and O–H groups in total. The van der Waals surface area contributed by atoms with Gasteiger partial charge in [0.15, 0.2) is 0 Å². The molecule has 4 nitrogen and oxygen atoms in total. The molecule has 0 aliphatic rings. The van der Waals surface area contributed by atoms with Crippen molar-refractivity contribution < 1.29 is 4.79 Å². The topological polar surface area (TPSA) is 35.6 Å². The van der Waals surface area contributed by atoms with E-state index in [1.54, 1.807) is 19.0 Å². The molecule has 0 unspecified atom stereocenters. The van der Waals surface area contributed by atoms with Crippen LogP contribution in [-0.2, 0) is 11.3 Å². The van der Waals surface area contributed by atoms with Crippen LogP contribution in [0.3, 0.4) is 0 Å². The number of nitrogens with one attached hydrogen (secondary N) is 1. The molecule has 0 saturated heterocycles. The van der Waals surface area contributed by atoms with Crippen molar-refractivity contribution in [2.24, 2.45) is 0 Å². The number of likely N-dealkylation sites (N-methyl/N-ethyl adjacent to an activating group) is 2. The zero-order valence-corrected chi connectivity index (χ0v) is 13.4. The van der Waals surface area contributed by atoms with Gasteiger partial charge in [-0.1, -0.05) is 13.0 Å². The number of amides is 1. The van der Waals surface area contributed by atoms with E-state index in [0.717, 1.165) is 25.2 Å². The van der Waals surface area contributed by atoms with Crippen molar-refractivity contribution in [1.29, 1.82) is 0 Å². The number of aryl methyl sites for hydroxylation is 1. The minimum Gasteiger partial charge on any atom is -0.365 e. The molecule has 0 atom stereocenters. The van der Waals surface area contributed by atoms with E-state index >= 15 is 0 Å². The van der Waals surface area contributed by atoms with Gasteiger partial charge in [0.2, 0.25) is 5.91 Å². The van der Waals surface area contributed by atoms with Gasteiger partial charge in [-0.3, -0.25) is 4.79 Å². The SMILES string of the molecule is CCCNCc1ccc(N(C)CC(=O)N(C)C)cc1C. The zero-order chi connectivity index (χ0) is 15.1. The van der Waals surface area contributed by atoms with Gasteiger partial charge < -0.3 is 15.1 Å². The molecule has 0 aromatic heterocycles. The fourth-order valence-electron chi connectivity index (χ4n) is 1.95. The van der Waals surface area contributed by atoms with Crippen LogP contribution in [0.4, 0.5) is 5.69 Å². The van der Waals surface area contributed by atoms with Crippen LogP contribution in [-0.4, -0.2) is 45.0 Å². The van der Waals surface area contributed by atoms with E-state index < -0.39 is 0 Å². The number of hydrogen-bond acceptors (Lipinski definition) is 3. The Morgan fingerprint density at radius 1 is 1.25 bits per heavy atom. The normalized spacial score (nSPS) is 10.4. The first kappa shape index (κ1) is 16.5. The number of rotatable bonds is 7. The van der Waals surface area contributed by atoms with Crippen molar-refractivity contribution in [3.05, 3.63) is 29.3 Å². The Bertz CT molecular complexity index is 443. The Kier molecular flexibility index (Phi) is 6.52. The highest BCUT2D eigenvalue weighted by atomic mass is 16.2. The third-order valence-electron chi connectivity index (χ3n) is 3.38. The third-order valence-corrected chi connectivity index (χ3v) is 3.38. The number of carbonyl (C=O) groups is 1. The lowest BCUT2D eigenvalue weighted by molar-refractivity contribution is -0.127. The van der Waals surface area contributed by atoms with Crippen LogP contribution in [0.25, 0.3) is 0 Å². The first-order valence-corrected chi connectivity index (χ1v) is 7.17. The predicted octanol–water partition coefficient (Wildman–Crippen LogP) is 2.02. The van der Waals surface area contributed by atoms with E-state index in [9.17, 15) is 4.79 Å². The summed E-state index contributed by atoms with van der Waals surface area (Å²) in [5.74, 6) is 0.110. The Morgan fingerprint density at radius 3 is 2.50 bits per heavy atom. The first-order chi connectivity index (χ1) is 9.45. The van der Waals surface area contributed by atoms with Crippen molar-refractivity contribution in [3.63, 3.8) is 0 Å². The molecule has 1 rings (SSSR count). The fraction of sp³-hybridized carbons (Fsp3) is 0.562. The molecular formula is C16H27N3O. The molecule has 0 aliphatic carbocycles. The molecule has 112 valence electrons. The molecular weight excluding hydrogens is 250 g/mol. The molecule has 1 amide bonds. The monoisotopic (exact) mass is 277 g/mol. The summed E-state index contributed by atoms with van der Waals surface area (Å²) in [5.41, 5.74) is 3.65. The highest BCUT2D eigenvalue weighted by Gasteiger charge is 2.10. The van der Waals surface area contributed by atoms with E-state index in [0.29, 0.717) is 6.54 Å². The van der Waals surface area contributed by atoms with Gasteiger partial charge in [-0.05, 0) is 43.1 Å². The smallest absolute Gasteiger partial charge is 0.241 e. The Morgan fingerprint density at radius 2 is 1.95 bits per heavy atom. The van der Waals surface area contributed by atoms with Crippen LogP contribution >= 0.6 is 0 Å². The van der Waals surface area contributed by atoms with E-state index in [1.807, 2.05) is 11.9 Å². The van der Waals surface area contributed by atoms with Crippen molar-refractivity contribution in [3.8, 4) is 0 Å². The van der Waals surface area contributed by atoms with Gasteiger partial charge in [-0.2, -0.15) is 0 Å². The second kappa shape index (κ2) is 7.90. The van der Waals surface area contributed by atoms with Gasteiger partial charge in [0.05, 0.1) is 6.54 Å². The summed E-state index contributed by atoms with van der Waals surface area (Å²) in [5, 5.41) is 3.41. The van der Waals surface area contributed by atoms with Gasteiger partial charge in [-0.25, -0.2) is 0 Å².